The van der Waals surface area contributed by atoms with Gasteiger partial charge < -0.3 is 10.0 Å². The number of rotatable bonds is 1. The predicted octanol–water partition coefficient (Wildman–Crippen LogP) is 0.889. The number of hydrogen-bond acceptors (Lipinski definition) is 4. The van der Waals surface area contributed by atoms with Crippen LogP contribution < -0.4 is 0 Å². The molecular weight excluding hydrogens is 198 g/mol. The van der Waals surface area contributed by atoms with Crippen LogP contribution in [0.25, 0.3) is 0 Å². The smallest absolute Gasteiger partial charge is 0.208 e. The highest BCUT2D eigenvalue weighted by molar-refractivity contribution is 8.13. The molecule has 0 aromatic carbocycles. The summed E-state index contributed by atoms with van der Waals surface area (Å²) < 4.78 is 0. The summed E-state index contributed by atoms with van der Waals surface area (Å²) in [4.78, 5) is 5.78. The summed E-state index contributed by atoms with van der Waals surface area (Å²) in [5, 5.41) is 18.5. The highest BCUT2D eigenvalue weighted by Gasteiger charge is 2.32. The average molecular weight is 213 g/mol. The average Bonchev–Trinajstić information content (AvgIpc) is 2.56. The van der Waals surface area contributed by atoms with Crippen LogP contribution in [0.3, 0.4) is 0 Å². The zero-order valence-corrected chi connectivity index (χ0v) is 9.29. The van der Waals surface area contributed by atoms with E-state index >= 15 is 0 Å². The van der Waals surface area contributed by atoms with E-state index in [0.717, 1.165) is 18.1 Å². The van der Waals surface area contributed by atoms with Gasteiger partial charge in [-0.05, 0) is 18.6 Å². The molecule has 1 aliphatic rings. The summed E-state index contributed by atoms with van der Waals surface area (Å²) in [6, 6.07) is 0.120. The van der Waals surface area contributed by atoms with Crippen LogP contribution in [0, 0.1) is 17.4 Å². The third-order valence-corrected chi connectivity index (χ3v) is 3.33. The second kappa shape index (κ2) is 5.23. The largest absolute Gasteiger partial charge is 0.394 e. The van der Waals surface area contributed by atoms with E-state index < -0.39 is 0 Å². The Morgan fingerprint density at radius 3 is 3.00 bits per heavy atom. The first-order valence-corrected chi connectivity index (χ1v) is 5.85. The number of likely N-dealkylation sites (tertiary alicyclic amines) is 1. The maximum Gasteiger partial charge on any atom is 0.208 e. The first-order valence-electron chi connectivity index (χ1n) is 4.62. The molecule has 0 aliphatic carbocycles. The summed E-state index contributed by atoms with van der Waals surface area (Å²) in [6.07, 6.45) is 4.75. The number of hydrogen-bond donors (Lipinski definition) is 1. The lowest BCUT2D eigenvalue weighted by atomic mass is 10.0. The number of amidine groups is 1. The fourth-order valence-corrected chi connectivity index (χ4v) is 2.39. The number of nitriles is 1. The molecule has 1 N–H and O–H groups in total. The van der Waals surface area contributed by atoms with Gasteiger partial charge in [0.2, 0.25) is 6.19 Å². The highest BCUT2D eigenvalue weighted by Crippen LogP contribution is 2.26. The minimum atomic E-state index is 0.120. The van der Waals surface area contributed by atoms with Crippen LogP contribution in [0.4, 0.5) is 0 Å². The molecule has 1 rings (SSSR count). The maximum atomic E-state index is 9.23. The van der Waals surface area contributed by atoms with Gasteiger partial charge in [-0.1, -0.05) is 18.7 Å². The molecule has 14 heavy (non-hydrogen) atoms. The van der Waals surface area contributed by atoms with Gasteiger partial charge in [0.1, 0.15) is 0 Å². The van der Waals surface area contributed by atoms with Crippen molar-refractivity contribution in [1.29, 1.82) is 5.26 Å². The molecule has 0 aromatic heterocycles. The monoisotopic (exact) mass is 213 g/mol. The Kier molecular flexibility index (Phi) is 4.23. The lowest BCUT2D eigenvalue weighted by molar-refractivity contribution is 0.187. The molecule has 78 valence electrons. The van der Waals surface area contributed by atoms with E-state index in [9.17, 15) is 5.11 Å². The Morgan fingerprint density at radius 2 is 2.50 bits per heavy atom. The first kappa shape index (κ1) is 11.3. The quantitative estimate of drug-likeness (QED) is 0.399. The summed E-state index contributed by atoms with van der Waals surface area (Å²) >= 11 is 1.46. The lowest BCUT2D eigenvalue weighted by Crippen LogP contribution is -2.38. The third kappa shape index (κ3) is 2.20. The van der Waals surface area contributed by atoms with Crippen molar-refractivity contribution in [2.75, 3.05) is 19.4 Å². The van der Waals surface area contributed by atoms with Gasteiger partial charge in [0.15, 0.2) is 5.17 Å². The second-order valence-corrected chi connectivity index (χ2v) is 4.18. The zero-order valence-electron chi connectivity index (χ0n) is 8.47. The third-order valence-electron chi connectivity index (χ3n) is 2.64. The van der Waals surface area contributed by atoms with Crippen molar-refractivity contribution in [2.24, 2.45) is 10.9 Å². The van der Waals surface area contributed by atoms with E-state index in [4.69, 9.17) is 5.26 Å². The fourth-order valence-electron chi connectivity index (χ4n) is 1.79. The molecule has 0 radical (unpaired) electrons. The van der Waals surface area contributed by atoms with E-state index in [1.54, 1.807) is 6.19 Å². The van der Waals surface area contributed by atoms with Crippen LogP contribution in [0.1, 0.15) is 13.3 Å². The van der Waals surface area contributed by atoms with E-state index in [-0.39, 0.29) is 12.6 Å². The van der Waals surface area contributed by atoms with Gasteiger partial charge in [0.05, 0.1) is 12.6 Å². The van der Waals surface area contributed by atoms with Crippen molar-refractivity contribution < 1.29 is 5.11 Å². The van der Waals surface area contributed by atoms with E-state index in [1.165, 1.54) is 11.8 Å². The first-order chi connectivity index (χ1) is 6.74. The summed E-state index contributed by atoms with van der Waals surface area (Å²) in [5.74, 6) is 0.469. The van der Waals surface area contributed by atoms with Crippen LogP contribution in [0.15, 0.2) is 4.99 Å². The molecule has 1 heterocycles. The molecule has 1 saturated heterocycles. The second-order valence-electron chi connectivity index (χ2n) is 3.41. The molecule has 0 saturated carbocycles. The Hall–Kier alpha value is -0.730. The molecule has 0 bridgehead atoms. The van der Waals surface area contributed by atoms with Crippen molar-refractivity contribution in [3.05, 3.63) is 0 Å². The van der Waals surface area contributed by atoms with Crippen molar-refractivity contribution in [3.63, 3.8) is 0 Å². The maximum absolute atomic E-state index is 9.23. The van der Waals surface area contributed by atoms with Gasteiger partial charge in [-0.3, -0.25) is 0 Å². The topological polar surface area (TPSA) is 59.6 Å². The number of thioether (sulfide) groups is 1. The summed E-state index contributed by atoms with van der Waals surface area (Å²) in [6.45, 7) is 3.13. The molecular formula is C9H15N3OS. The minimum Gasteiger partial charge on any atom is -0.394 e. The van der Waals surface area contributed by atoms with Crippen LogP contribution in [-0.4, -0.2) is 40.6 Å². The van der Waals surface area contributed by atoms with E-state index in [2.05, 4.69) is 11.9 Å². The van der Waals surface area contributed by atoms with Gasteiger partial charge in [0, 0.05) is 6.54 Å². The van der Waals surface area contributed by atoms with Gasteiger partial charge in [-0.15, -0.1) is 4.99 Å². The summed E-state index contributed by atoms with van der Waals surface area (Å²) in [5.41, 5.74) is 0. The van der Waals surface area contributed by atoms with Gasteiger partial charge >= 0.3 is 0 Å². The molecule has 0 amide bonds. The SMILES string of the molecule is CSC(=NC#N)N1CCC(C)C1CO. The minimum absolute atomic E-state index is 0.120. The number of aliphatic hydroxyl groups excluding tert-OH is 1. The van der Waals surface area contributed by atoms with Crippen LogP contribution in [-0.2, 0) is 0 Å². The number of aliphatic imine (C=N–C) groups is 1. The molecule has 5 heteroatoms. The number of aliphatic hydroxyl groups is 1. The molecule has 1 fully saturated rings. The molecule has 0 spiro atoms. The normalized spacial score (nSPS) is 27.9. The molecule has 1 aliphatic heterocycles. The van der Waals surface area contributed by atoms with Crippen molar-refractivity contribution in [2.45, 2.75) is 19.4 Å². The van der Waals surface area contributed by atoms with Gasteiger partial charge in [-0.2, -0.15) is 5.26 Å². The highest BCUT2D eigenvalue weighted by atomic mass is 32.2. The Labute approximate surface area is 88.6 Å². The van der Waals surface area contributed by atoms with Gasteiger partial charge in [-0.25, -0.2) is 0 Å². The standard InChI is InChI=1S/C9H15N3OS/c1-7-3-4-12(8(7)5-13)9(14-2)11-6-10/h7-8,13H,3-5H2,1-2H3. The van der Waals surface area contributed by atoms with E-state index in [0.29, 0.717) is 5.92 Å². The number of nitrogens with zero attached hydrogens (tertiary/aromatic N) is 3. The Morgan fingerprint density at radius 1 is 1.79 bits per heavy atom. The van der Waals surface area contributed by atoms with Crippen molar-refractivity contribution in [1.82, 2.24) is 4.90 Å². The van der Waals surface area contributed by atoms with Crippen LogP contribution in [0.5, 0.6) is 0 Å². The van der Waals surface area contributed by atoms with Crippen LogP contribution in [0.2, 0.25) is 0 Å². The Bertz CT molecular complexity index is 261. The van der Waals surface area contributed by atoms with Crippen LogP contribution >= 0.6 is 11.8 Å². The van der Waals surface area contributed by atoms with Crippen molar-refractivity contribution >= 4 is 16.9 Å². The van der Waals surface area contributed by atoms with E-state index in [1.807, 2.05) is 11.2 Å². The Balaban J connectivity index is 2.77. The predicted molar refractivity (Wildman–Crippen MR) is 57.9 cm³/mol. The fraction of sp³-hybridized carbons (Fsp3) is 0.778. The summed E-state index contributed by atoms with van der Waals surface area (Å²) in [7, 11) is 0. The molecule has 2 atom stereocenters. The zero-order chi connectivity index (χ0) is 10.6. The van der Waals surface area contributed by atoms with Crippen molar-refractivity contribution in [3.8, 4) is 6.19 Å². The van der Waals surface area contributed by atoms with Gasteiger partial charge in [0.25, 0.3) is 0 Å². The molecule has 4 nitrogen and oxygen atoms in total. The molecule has 0 aromatic rings. The lowest BCUT2D eigenvalue weighted by Gasteiger charge is -2.26. The molecule has 2 unspecified atom stereocenters.